The molecule has 1 aromatic carbocycles. The number of benzene rings is 1. The summed E-state index contributed by atoms with van der Waals surface area (Å²) in [6.45, 7) is -0.0662. The SMILES string of the molecule is O=C(O)Cn1ccc2cc(NC(=O)CC3C=CCC3)ccc21. The molecule has 1 unspecified atom stereocenters. The van der Waals surface area contributed by atoms with E-state index in [0.717, 1.165) is 29.4 Å². The smallest absolute Gasteiger partial charge is 0.323 e. The van der Waals surface area contributed by atoms with Gasteiger partial charge in [-0.25, -0.2) is 0 Å². The number of fused-ring (bicyclic) bond motifs is 1. The Balaban J connectivity index is 1.70. The number of carbonyl (C=O) groups is 2. The molecule has 5 nitrogen and oxygen atoms in total. The van der Waals surface area contributed by atoms with Gasteiger partial charge in [0.15, 0.2) is 0 Å². The number of carboxylic acid groups (broad SMARTS) is 1. The van der Waals surface area contributed by atoms with Crippen molar-refractivity contribution in [3.8, 4) is 0 Å². The fourth-order valence-electron chi connectivity index (χ4n) is 2.88. The number of carboxylic acids is 1. The zero-order valence-corrected chi connectivity index (χ0v) is 12.2. The number of hydrogen-bond acceptors (Lipinski definition) is 2. The van der Waals surface area contributed by atoms with E-state index in [9.17, 15) is 9.59 Å². The lowest BCUT2D eigenvalue weighted by Crippen LogP contribution is -2.14. The number of aliphatic carboxylic acids is 1. The summed E-state index contributed by atoms with van der Waals surface area (Å²) in [5.74, 6) is -0.513. The molecule has 0 radical (unpaired) electrons. The van der Waals surface area contributed by atoms with Crippen LogP contribution >= 0.6 is 0 Å². The van der Waals surface area contributed by atoms with E-state index in [0.29, 0.717) is 12.3 Å². The third kappa shape index (κ3) is 3.19. The summed E-state index contributed by atoms with van der Waals surface area (Å²) >= 11 is 0. The van der Waals surface area contributed by atoms with Crippen LogP contribution in [0, 0.1) is 5.92 Å². The first-order valence-electron chi connectivity index (χ1n) is 7.39. The minimum absolute atomic E-state index is 0.0147. The van der Waals surface area contributed by atoms with Crippen LogP contribution in [0.5, 0.6) is 0 Å². The van der Waals surface area contributed by atoms with Gasteiger partial charge in [-0.2, -0.15) is 0 Å². The van der Waals surface area contributed by atoms with Crippen molar-refractivity contribution in [1.29, 1.82) is 0 Å². The molecule has 3 rings (SSSR count). The number of nitrogens with one attached hydrogen (secondary N) is 1. The molecule has 1 atom stereocenters. The first-order valence-corrected chi connectivity index (χ1v) is 7.39. The van der Waals surface area contributed by atoms with Gasteiger partial charge in [0, 0.05) is 29.2 Å². The van der Waals surface area contributed by atoms with Crippen molar-refractivity contribution in [2.24, 2.45) is 5.92 Å². The highest BCUT2D eigenvalue weighted by molar-refractivity contribution is 5.94. The number of amides is 1. The number of carbonyl (C=O) groups excluding carboxylic acids is 1. The van der Waals surface area contributed by atoms with Gasteiger partial charge < -0.3 is 15.0 Å². The van der Waals surface area contributed by atoms with E-state index in [1.165, 1.54) is 0 Å². The molecule has 0 spiro atoms. The minimum Gasteiger partial charge on any atom is -0.480 e. The van der Waals surface area contributed by atoms with Gasteiger partial charge in [-0.1, -0.05) is 12.2 Å². The highest BCUT2D eigenvalue weighted by Gasteiger charge is 2.14. The predicted octanol–water partition coefficient (Wildman–Crippen LogP) is 3.02. The molecular weight excluding hydrogens is 280 g/mol. The number of aromatic nitrogens is 1. The summed E-state index contributed by atoms with van der Waals surface area (Å²) in [5.41, 5.74) is 1.59. The fourth-order valence-corrected chi connectivity index (χ4v) is 2.88. The Labute approximate surface area is 128 Å². The summed E-state index contributed by atoms with van der Waals surface area (Å²) in [6, 6.07) is 7.37. The molecule has 0 bridgehead atoms. The third-order valence-corrected chi connectivity index (χ3v) is 3.92. The van der Waals surface area contributed by atoms with Crippen LogP contribution in [-0.2, 0) is 16.1 Å². The molecule has 1 aromatic heterocycles. The number of rotatable bonds is 5. The molecule has 0 saturated carbocycles. The monoisotopic (exact) mass is 298 g/mol. The van der Waals surface area contributed by atoms with Gasteiger partial charge in [-0.15, -0.1) is 0 Å². The van der Waals surface area contributed by atoms with Crippen LogP contribution in [0.15, 0.2) is 42.6 Å². The van der Waals surface area contributed by atoms with Gasteiger partial charge in [-0.3, -0.25) is 9.59 Å². The standard InChI is InChI=1S/C17H18N2O3/c20-16(9-12-3-1-2-4-12)18-14-5-6-15-13(10-14)7-8-19(15)11-17(21)22/h1,3,5-8,10,12H,2,4,9,11H2,(H,18,20)(H,21,22). The first-order chi connectivity index (χ1) is 10.6. The summed E-state index contributed by atoms with van der Waals surface area (Å²) in [6.07, 6.45) is 8.58. The second kappa shape index (κ2) is 6.05. The molecule has 0 fully saturated rings. The largest absolute Gasteiger partial charge is 0.480 e. The molecule has 5 heteroatoms. The Kier molecular flexibility index (Phi) is 3.96. The molecule has 22 heavy (non-hydrogen) atoms. The Bertz CT molecular complexity index is 745. The van der Waals surface area contributed by atoms with Crippen LogP contribution in [0.25, 0.3) is 10.9 Å². The van der Waals surface area contributed by atoms with E-state index in [4.69, 9.17) is 5.11 Å². The van der Waals surface area contributed by atoms with Gasteiger partial charge in [0.25, 0.3) is 0 Å². The summed E-state index contributed by atoms with van der Waals surface area (Å²) in [5, 5.41) is 12.7. The van der Waals surface area contributed by atoms with Gasteiger partial charge in [-0.05, 0) is 43.0 Å². The van der Waals surface area contributed by atoms with Crippen LogP contribution in [-0.4, -0.2) is 21.6 Å². The van der Waals surface area contributed by atoms with Crippen molar-refractivity contribution in [1.82, 2.24) is 4.57 Å². The molecule has 1 heterocycles. The lowest BCUT2D eigenvalue weighted by Gasteiger charge is -2.09. The van der Waals surface area contributed by atoms with E-state index >= 15 is 0 Å². The molecule has 2 aromatic rings. The van der Waals surface area contributed by atoms with Gasteiger partial charge in [0.05, 0.1) is 0 Å². The van der Waals surface area contributed by atoms with Crippen LogP contribution in [0.3, 0.4) is 0 Å². The van der Waals surface area contributed by atoms with E-state index in [-0.39, 0.29) is 12.5 Å². The quantitative estimate of drug-likeness (QED) is 0.833. The molecular formula is C17H18N2O3. The number of nitrogens with zero attached hydrogens (tertiary/aromatic N) is 1. The van der Waals surface area contributed by atoms with Crippen molar-refractivity contribution in [3.63, 3.8) is 0 Å². The van der Waals surface area contributed by atoms with Crippen molar-refractivity contribution < 1.29 is 14.7 Å². The summed E-state index contributed by atoms with van der Waals surface area (Å²) < 4.78 is 1.67. The first kappa shape index (κ1) is 14.4. The highest BCUT2D eigenvalue weighted by atomic mass is 16.4. The topological polar surface area (TPSA) is 71.3 Å². The molecule has 1 aliphatic carbocycles. The second-order valence-electron chi connectivity index (χ2n) is 5.63. The Hall–Kier alpha value is -2.56. The minimum atomic E-state index is -0.875. The molecule has 2 N–H and O–H groups in total. The maximum atomic E-state index is 12.0. The number of hydrogen-bond donors (Lipinski definition) is 2. The van der Waals surface area contributed by atoms with Crippen LogP contribution < -0.4 is 5.32 Å². The van der Waals surface area contributed by atoms with E-state index in [1.54, 1.807) is 10.8 Å². The number of allylic oxidation sites excluding steroid dienone is 2. The van der Waals surface area contributed by atoms with Gasteiger partial charge >= 0.3 is 5.97 Å². The van der Waals surface area contributed by atoms with E-state index in [1.807, 2.05) is 24.3 Å². The van der Waals surface area contributed by atoms with Crippen LogP contribution in [0.1, 0.15) is 19.3 Å². The predicted molar refractivity (Wildman–Crippen MR) is 84.7 cm³/mol. The maximum absolute atomic E-state index is 12.0. The fraction of sp³-hybridized carbons (Fsp3) is 0.294. The van der Waals surface area contributed by atoms with Crippen molar-refractivity contribution in [2.45, 2.75) is 25.8 Å². The molecule has 1 aliphatic rings. The second-order valence-corrected chi connectivity index (χ2v) is 5.63. The van der Waals surface area contributed by atoms with E-state index in [2.05, 4.69) is 17.5 Å². The Morgan fingerprint density at radius 2 is 2.18 bits per heavy atom. The molecule has 0 saturated heterocycles. The molecule has 114 valence electrons. The van der Waals surface area contributed by atoms with Gasteiger partial charge in [0.1, 0.15) is 6.54 Å². The van der Waals surface area contributed by atoms with Crippen LogP contribution in [0.4, 0.5) is 5.69 Å². The molecule has 1 amide bonds. The van der Waals surface area contributed by atoms with Crippen molar-refractivity contribution in [2.75, 3.05) is 5.32 Å². The zero-order chi connectivity index (χ0) is 15.5. The van der Waals surface area contributed by atoms with Crippen molar-refractivity contribution in [3.05, 3.63) is 42.6 Å². The summed E-state index contributed by atoms with van der Waals surface area (Å²) in [4.78, 5) is 22.8. The normalized spacial score (nSPS) is 17.0. The van der Waals surface area contributed by atoms with Gasteiger partial charge in [0.2, 0.25) is 5.91 Å². The average molecular weight is 298 g/mol. The highest BCUT2D eigenvalue weighted by Crippen LogP contribution is 2.23. The average Bonchev–Trinajstić information content (AvgIpc) is 3.08. The van der Waals surface area contributed by atoms with Crippen molar-refractivity contribution >= 4 is 28.5 Å². The summed E-state index contributed by atoms with van der Waals surface area (Å²) in [7, 11) is 0. The molecule has 0 aliphatic heterocycles. The zero-order valence-electron chi connectivity index (χ0n) is 12.2. The Morgan fingerprint density at radius 1 is 1.32 bits per heavy atom. The lowest BCUT2D eigenvalue weighted by molar-refractivity contribution is -0.137. The lowest BCUT2D eigenvalue weighted by atomic mass is 10.0. The van der Waals surface area contributed by atoms with E-state index < -0.39 is 5.97 Å². The van der Waals surface area contributed by atoms with Crippen LogP contribution in [0.2, 0.25) is 0 Å². The third-order valence-electron chi connectivity index (χ3n) is 3.92. The maximum Gasteiger partial charge on any atom is 0.323 e. The number of anilines is 1. The Morgan fingerprint density at radius 3 is 2.91 bits per heavy atom.